The van der Waals surface area contributed by atoms with Gasteiger partial charge >= 0.3 is 0 Å². The van der Waals surface area contributed by atoms with Gasteiger partial charge in [-0.1, -0.05) is 30.2 Å². The molecule has 9 nitrogen and oxygen atoms in total. The summed E-state index contributed by atoms with van der Waals surface area (Å²) in [6.07, 6.45) is 4.39. The first-order chi connectivity index (χ1) is 14.8. The van der Waals surface area contributed by atoms with Gasteiger partial charge in [0.2, 0.25) is 11.9 Å². The van der Waals surface area contributed by atoms with Gasteiger partial charge < -0.3 is 16.2 Å². The van der Waals surface area contributed by atoms with Gasteiger partial charge in [-0.3, -0.25) is 15.0 Å². The van der Waals surface area contributed by atoms with E-state index in [0.717, 1.165) is 24.8 Å². The van der Waals surface area contributed by atoms with Crippen LogP contribution in [0.5, 0.6) is 11.5 Å². The first kappa shape index (κ1) is 20.9. The van der Waals surface area contributed by atoms with Gasteiger partial charge in [0.05, 0.1) is 21.7 Å². The fourth-order valence-corrected chi connectivity index (χ4v) is 4.48. The number of hydrogen-bond acceptors (Lipinski definition) is 8. The monoisotopic (exact) mass is 442 g/mol. The number of anilines is 1. The van der Waals surface area contributed by atoms with E-state index in [4.69, 9.17) is 27.8 Å². The van der Waals surface area contributed by atoms with Gasteiger partial charge in [0, 0.05) is 12.1 Å². The van der Waals surface area contributed by atoms with Crippen molar-refractivity contribution in [2.75, 3.05) is 4.90 Å². The average Bonchev–Trinajstić information content (AvgIpc) is 2.70. The zero-order valence-corrected chi connectivity index (χ0v) is 17.8. The van der Waals surface area contributed by atoms with Crippen LogP contribution < -0.4 is 21.1 Å². The van der Waals surface area contributed by atoms with Crippen molar-refractivity contribution in [3.05, 3.63) is 57.1 Å². The Kier molecular flexibility index (Phi) is 5.45. The predicted octanol–water partition coefficient (Wildman–Crippen LogP) is 4.46. The quantitative estimate of drug-likeness (QED) is 0.530. The lowest BCUT2D eigenvalue weighted by Crippen LogP contribution is -2.58. The maximum atomic E-state index is 11.7. The minimum absolute atomic E-state index is 0.115. The van der Waals surface area contributed by atoms with E-state index < -0.39 is 10.6 Å². The molecule has 2 aromatic rings. The number of rotatable bonds is 4. The Labute approximate surface area is 184 Å². The summed E-state index contributed by atoms with van der Waals surface area (Å²) in [5.41, 5.74) is 12.6. The molecule has 1 saturated carbocycles. The van der Waals surface area contributed by atoms with E-state index in [2.05, 4.69) is 9.98 Å². The number of halogens is 1. The molecule has 0 radical (unpaired) electrons. The van der Waals surface area contributed by atoms with Crippen LogP contribution in [0.3, 0.4) is 0 Å². The van der Waals surface area contributed by atoms with Gasteiger partial charge in [-0.2, -0.15) is 4.99 Å². The molecule has 4 N–H and O–H groups in total. The maximum absolute atomic E-state index is 11.7. The Balaban J connectivity index is 1.82. The molecule has 0 unspecified atom stereocenters. The van der Waals surface area contributed by atoms with Crippen molar-refractivity contribution in [2.24, 2.45) is 21.5 Å². The van der Waals surface area contributed by atoms with Crippen LogP contribution in [0.4, 0.5) is 11.4 Å². The van der Waals surface area contributed by atoms with Crippen molar-refractivity contribution >= 4 is 34.9 Å². The van der Waals surface area contributed by atoms with Crippen molar-refractivity contribution in [2.45, 2.75) is 44.7 Å². The number of ether oxygens (including phenoxy) is 1. The first-order valence-corrected chi connectivity index (χ1v) is 10.4. The molecule has 10 heteroatoms. The van der Waals surface area contributed by atoms with Crippen LogP contribution in [0.25, 0.3) is 0 Å². The molecule has 31 heavy (non-hydrogen) atoms. The average molecular weight is 443 g/mol. The van der Waals surface area contributed by atoms with Gasteiger partial charge in [-0.25, -0.2) is 4.99 Å². The van der Waals surface area contributed by atoms with Gasteiger partial charge in [0.15, 0.2) is 0 Å². The topological polar surface area (TPSA) is 132 Å². The highest BCUT2D eigenvalue weighted by atomic mass is 35.5. The highest BCUT2D eigenvalue weighted by Crippen LogP contribution is 2.42. The van der Waals surface area contributed by atoms with Crippen LogP contribution in [0.15, 0.2) is 46.4 Å². The Morgan fingerprint density at radius 1 is 1.19 bits per heavy atom. The van der Waals surface area contributed by atoms with Gasteiger partial charge in [0.1, 0.15) is 17.2 Å². The Bertz CT molecular complexity index is 1070. The molecule has 1 aliphatic heterocycles. The zero-order chi connectivity index (χ0) is 22.2. The summed E-state index contributed by atoms with van der Waals surface area (Å²) in [5.74, 6) is 0.964. The summed E-state index contributed by atoms with van der Waals surface area (Å²) in [5, 5.41) is 12.1. The SMILES string of the molecule is Cc1cccc(Cl)c1Oc1cc(N2C(N)=NC(N)=NC23CCCCC3)cc([N+](=O)[O-])c1. The number of nitro groups is 1. The van der Waals surface area contributed by atoms with Crippen molar-refractivity contribution < 1.29 is 9.66 Å². The van der Waals surface area contributed by atoms with E-state index in [1.165, 1.54) is 12.1 Å². The molecule has 2 aromatic carbocycles. The fraction of sp³-hybridized carbons (Fsp3) is 0.333. The number of para-hydroxylation sites is 1. The summed E-state index contributed by atoms with van der Waals surface area (Å²) >= 11 is 6.29. The molecular formula is C21H23ClN6O3. The lowest BCUT2D eigenvalue weighted by atomic mass is 9.87. The summed E-state index contributed by atoms with van der Waals surface area (Å²) < 4.78 is 5.99. The number of aliphatic imine (C=N–C) groups is 2. The Morgan fingerprint density at radius 3 is 2.61 bits per heavy atom. The molecule has 0 bridgehead atoms. The van der Waals surface area contributed by atoms with Crippen molar-refractivity contribution in [1.29, 1.82) is 0 Å². The largest absolute Gasteiger partial charge is 0.455 e. The number of guanidine groups is 2. The van der Waals surface area contributed by atoms with Crippen LogP contribution >= 0.6 is 11.6 Å². The number of hydrogen-bond donors (Lipinski definition) is 2. The third-order valence-corrected chi connectivity index (χ3v) is 5.88. The molecule has 162 valence electrons. The van der Waals surface area contributed by atoms with E-state index in [1.54, 1.807) is 17.0 Å². The highest BCUT2D eigenvalue weighted by molar-refractivity contribution is 6.32. The molecular weight excluding hydrogens is 420 g/mol. The van der Waals surface area contributed by atoms with Crippen LogP contribution in [0.2, 0.25) is 5.02 Å². The Morgan fingerprint density at radius 2 is 1.94 bits per heavy atom. The standard InChI is InChI=1S/C21H23ClN6O3/c1-13-6-5-7-17(22)18(13)31-16-11-14(10-15(12-16)28(29)30)27-20(24)25-19(23)26-21(27)8-3-2-4-9-21/h5-7,10-12H,2-4,8-9H2,1H3,(H4,23,24,25,26). The molecule has 1 fully saturated rings. The minimum atomic E-state index is -0.721. The molecule has 0 atom stereocenters. The molecule has 2 aliphatic rings. The van der Waals surface area contributed by atoms with Crippen molar-refractivity contribution in [1.82, 2.24) is 0 Å². The number of benzene rings is 2. The first-order valence-electron chi connectivity index (χ1n) is 10.0. The lowest BCUT2D eigenvalue weighted by Gasteiger charge is -2.45. The van der Waals surface area contributed by atoms with Crippen molar-refractivity contribution in [3.8, 4) is 11.5 Å². The second-order valence-corrected chi connectivity index (χ2v) is 8.16. The molecule has 0 saturated heterocycles. The Hall–Kier alpha value is -3.33. The van der Waals surface area contributed by atoms with E-state index in [9.17, 15) is 10.1 Å². The van der Waals surface area contributed by atoms with E-state index in [-0.39, 0.29) is 23.4 Å². The minimum Gasteiger partial charge on any atom is -0.455 e. The number of nitrogens with zero attached hydrogens (tertiary/aromatic N) is 4. The van der Waals surface area contributed by atoms with Crippen molar-refractivity contribution in [3.63, 3.8) is 0 Å². The van der Waals surface area contributed by atoms with E-state index in [0.29, 0.717) is 29.3 Å². The second-order valence-electron chi connectivity index (χ2n) is 7.75. The lowest BCUT2D eigenvalue weighted by molar-refractivity contribution is -0.384. The van der Waals surface area contributed by atoms with Crippen LogP contribution in [0.1, 0.15) is 37.7 Å². The smallest absolute Gasteiger partial charge is 0.275 e. The highest BCUT2D eigenvalue weighted by Gasteiger charge is 2.43. The summed E-state index contributed by atoms with van der Waals surface area (Å²) in [6, 6.07) is 9.85. The maximum Gasteiger partial charge on any atom is 0.275 e. The predicted molar refractivity (Wildman–Crippen MR) is 121 cm³/mol. The van der Waals surface area contributed by atoms with Crippen LogP contribution in [-0.2, 0) is 0 Å². The second kappa shape index (κ2) is 8.07. The zero-order valence-electron chi connectivity index (χ0n) is 17.0. The molecule has 0 aromatic heterocycles. The molecule has 1 aliphatic carbocycles. The number of nitrogens with two attached hydrogens (primary N) is 2. The van der Waals surface area contributed by atoms with E-state index in [1.807, 2.05) is 19.1 Å². The van der Waals surface area contributed by atoms with Crippen LogP contribution in [0, 0.1) is 17.0 Å². The molecule has 1 heterocycles. The molecule has 1 spiro atoms. The normalized spacial score (nSPS) is 17.8. The third-order valence-electron chi connectivity index (χ3n) is 5.58. The number of nitro benzene ring substituents is 1. The van der Waals surface area contributed by atoms with Gasteiger partial charge in [-0.05, 0) is 44.2 Å². The molecule has 4 rings (SSSR count). The molecule has 0 amide bonds. The number of non-ortho nitro benzene ring substituents is 1. The summed E-state index contributed by atoms with van der Waals surface area (Å²) in [4.78, 5) is 21.7. The fourth-order valence-electron chi connectivity index (χ4n) is 4.22. The van der Waals surface area contributed by atoms with Crippen LogP contribution in [-0.4, -0.2) is 22.5 Å². The van der Waals surface area contributed by atoms with Gasteiger partial charge in [0.25, 0.3) is 5.69 Å². The number of aryl methyl sites for hydroxylation is 1. The summed E-state index contributed by atoms with van der Waals surface area (Å²) in [7, 11) is 0. The van der Waals surface area contributed by atoms with E-state index >= 15 is 0 Å². The third kappa shape index (κ3) is 4.00. The van der Waals surface area contributed by atoms with Gasteiger partial charge in [-0.15, -0.1) is 0 Å². The summed E-state index contributed by atoms with van der Waals surface area (Å²) in [6.45, 7) is 1.85.